The number of aromatic nitrogens is 5. The van der Waals surface area contributed by atoms with Gasteiger partial charge < -0.3 is 10.1 Å². The highest BCUT2D eigenvalue weighted by atomic mass is 32.2. The van der Waals surface area contributed by atoms with E-state index in [1.807, 2.05) is 6.07 Å². The number of nitrogens with zero attached hydrogens (tertiary/aromatic N) is 5. The molecule has 0 radical (unpaired) electrons. The van der Waals surface area contributed by atoms with Crippen LogP contribution >= 0.6 is 11.8 Å². The first kappa shape index (κ1) is 21.6. The molecule has 4 rings (SSSR count). The first-order valence-corrected chi connectivity index (χ1v) is 10.1. The van der Waals surface area contributed by atoms with Crippen LogP contribution in [0.15, 0.2) is 59.9 Å². The first-order valence-electron chi connectivity index (χ1n) is 9.16. The van der Waals surface area contributed by atoms with E-state index in [1.54, 1.807) is 25.3 Å². The van der Waals surface area contributed by atoms with E-state index in [-0.39, 0.29) is 11.4 Å². The molecule has 0 bridgehead atoms. The van der Waals surface area contributed by atoms with Gasteiger partial charge in [-0.05, 0) is 30.3 Å². The molecule has 12 heteroatoms. The summed E-state index contributed by atoms with van der Waals surface area (Å²) in [5.74, 6) is 0.0660. The van der Waals surface area contributed by atoms with Crippen molar-refractivity contribution in [3.05, 3.63) is 60.4 Å². The van der Waals surface area contributed by atoms with Crippen LogP contribution < -0.4 is 10.1 Å². The lowest BCUT2D eigenvalue weighted by molar-refractivity contribution is -0.137. The van der Waals surface area contributed by atoms with Crippen LogP contribution in [0.25, 0.3) is 16.9 Å². The maximum Gasteiger partial charge on any atom is 0.416 e. The molecule has 8 nitrogen and oxygen atoms in total. The lowest BCUT2D eigenvalue weighted by Crippen LogP contribution is -2.15. The van der Waals surface area contributed by atoms with Gasteiger partial charge in [0, 0.05) is 11.8 Å². The number of nitrogens with one attached hydrogen (secondary N) is 1. The number of rotatable bonds is 6. The van der Waals surface area contributed by atoms with Crippen LogP contribution in [0.1, 0.15) is 5.56 Å². The predicted molar refractivity (Wildman–Crippen MR) is 112 cm³/mol. The summed E-state index contributed by atoms with van der Waals surface area (Å²) in [6, 6.07) is 11.6. The Balaban J connectivity index is 1.49. The predicted octanol–water partition coefficient (Wildman–Crippen LogP) is 3.97. The number of alkyl halides is 3. The highest BCUT2D eigenvalue weighted by molar-refractivity contribution is 8.00. The standard InChI is InChI=1S/C20H15F3N6O2S/c1-31-15-7-3-6-14(9-15)29-18-17(27-28-29)19(25-11-24-18)32-10-16(30)26-13-5-2-4-12(8-13)20(21,22)23/h2-9,11H,10H2,1H3,(H,26,30). The smallest absolute Gasteiger partial charge is 0.416 e. The van der Waals surface area contributed by atoms with Crippen molar-refractivity contribution in [1.29, 1.82) is 0 Å². The number of methoxy groups -OCH3 is 1. The van der Waals surface area contributed by atoms with Gasteiger partial charge in [0.1, 0.15) is 17.1 Å². The van der Waals surface area contributed by atoms with E-state index in [0.717, 1.165) is 23.9 Å². The Hall–Kier alpha value is -3.67. The molecule has 2 aromatic carbocycles. The Morgan fingerprint density at radius 3 is 2.75 bits per heavy atom. The van der Waals surface area contributed by atoms with Crippen LogP contribution in [-0.4, -0.2) is 43.7 Å². The minimum atomic E-state index is -4.49. The molecule has 0 spiro atoms. The van der Waals surface area contributed by atoms with Crippen molar-refractivity contribution in [1.82, 2.24) is 25.0 Å². The van der Waals surface area contributed by atoms with Crippen LogP contribution in [0.3, 0.4) is 0 Å². The SMILES string of the molecule is COc1cccc(-n2nnc3c(SCC(=O)Nc4cccc(C(F)(F)F)c4)ncnc32)c1. The summed E-state index contributed by atoms with van der Waals surface area (Å²) in [5.41, 5.74) is 0.738. The zero-order valence-corrected chi connectivity index (χ0v) is 17.3. The zero-order chi connectivity index (χ0) is 22.7. The molecule has 0 saturated heterocycles. The number of halogens is 3. The summed E-state index contributed by atoms with van der Waals surface area (Å²) in [6.07, 6.45) is -3.16. The number of benzene rings is 2. The van der Waals surface area contributed by atoms with Gasteiger partial charge in [0.05, 0.1) is 24.1 Å². The molecule has 0 atom stereocenters. The van der Waals surface area contributed by atoms with Crippen molar-refractivity contribution in [3.63, 3.8) is 0 Å². The Kier molecular flexibility index (Phi) is 5.95. The van der Waals surface area contributed by atoms with Crippen molar-refractivity contribution < 1.29 is 22.7 Å². The van der Waals surface area contributed by atoms with Crippen LogP contribution in [0.5, 0.6) is 5.75 Å². The molecule has 2 heterocycles. The number of hydrogen-bond donors (Lipinski definition) is 1. The summed E-state index contributed by atoms with van der Waals surface area (Å²) in [6.45, 7) is 0. The Bertz CT molecular complexity index is 1280. The van der Waals surface area contributed by atoms with Crippen LogP contribution in [0.4, 0.5) is 18.9 Å². The first-order chi connectivity index (χ1) is 15.3. The maximum absolute atomic E-state index is 12.8. The van der Waals surface area contributed by atoms with E-state index in [9.17, 15) is 18.0 Å². The Labute approximate surface area is 183 Å². The van der Waals surface area contributed by atoms with E-state index in [0.29, 0.717) is 27.6 Å². The number of carbonyl (C=O) groups is 1. The second-order valence-electron chi connectivity index (χ2n) is 6.47. The molecule has 0 aliphatic carbocycles. The third-order valence-electron chi connectivity index (χ3n) is 4.32. The third kappa shape index (κ3) is 4.64. The molecule has 2 aromatic heterocycles. The molecule has 1 N–H and O–H groups in total. The van der Waals surface area contributed by atoms with Crippen LogP contribution in [0, 0.1) is 0 Å². The van der Waals surface area contributed by atoms with Gasteiger partial charge in [0.25, 0.3) is 0 Å². The Morgan fingerprint density at radius 2 is 1.97 bits per heavy atom. The van der Waals surface area contributed by atoms with Gasteiger partial charge in [-0.15, -0.1) is 5.10 Å². The van der Waals surface area contributed by atoms with Gasteiger partial charge in [-0.25, -0.2) is 9.97 Å². The largest absolute Gasteiger partial charge is 0.497 e. The number of hydrogen-bond acceptors (Lipinski definition) is 7. The van der Waals surface area contributed by atoms with Crippen LogP contribution in [0.2, 0.25) is 0 Å². The Morgan fingerprint density at radius 1 is 1.16 bits per heavy atom. The van der Waals surface area contributed by atoms with E-state index in [4.69, 9.17) is 4.74 Å². The maximum atomic E-state index is 12.8. The fourth-order valence-corrected chi connectivity index (χ4v) is 3.58. The van der Waals surface area contributed by atoms with E-state index in [1.165, 1.54) is 23.1 Å². The van der Waals surface area contributed by atoms with Crippen molar-refractivity contribution >= 4 is 34.5 Å². The number of thioether (sulfide) groups is 1. The van der Waals surface area contributed by atoms with Crippen molar-refractivity contribution in [2.75, 3.05) is 18.2 Å². The second kappa shape index (κ2) is 8.83. The molecule has 32 heavy (non-hydrogen) atoms. The fraction of sp³-hybridized carbons (Fsp3) is 0.150. The normalized spacial score (nSPS) is 11.5. The summed E-state index contributed by atoms with van der Waals surface area (Å²) in [4.78, 5) is 20.7. The van der Waals surface area contributed by atoms with Gasteiger partial charge in [0.2, 0.25) is 5.91 Å². The quantitative estimate of drug-likeness (QED) is 0.344. The average molecular weight is 460 g/mol. The van der Waals surface area contributed by atoms with Gasteiger partial charge >= 0.3 is 6.18 Å². The molecule has 1 amide bonds. The number of ether oxygens (including phenoxy) is 1. The van der Waals surface area contributed by atoms with Gasteiger partial charge in [0.15, 0.2) is 11.2 Å². The number of fused-ring (bicyclic) bond motifs is 1. The topological polar surface area (TPSA) is 94.8 Å². The van der Waals surface area contributed by atoms with Crippen LogP contribution in [-0.2, 0) is 11.0 Å². The molecular formula is C20H15F3N6O2S. The van der Waals surface area contributed by atoms with Gasteiger partial charge in [-0.1, -0.05) is 29.1 Å². The molecule has 0 saturated carbocycles. The molecule has 0 aliphatic heterocycles. The second-order valence-corrected chi connectivity index (χ2v) is 7.43. The molecule has 164 valence electrons. The monoisotopic (exact) mass is 460 g/mol. The highest BCUT2D eigenvalue weighted by Crippen LogP contribution is 2.31. The molecule has 4 aromatic rings. The summed E-state index contributed by atoms with van der Waals surface area (Å²) < 4.78 is 45.3. The molecular weight excluding hydrogens is 445 g/mol. The fourth-order valence-electron chi connectivity index (χ4n) is 2.85. The van der Waals surface area contributed by atoms with Gasteiger partial charge in [-0.2, -0.15) is 17.9 Å². The molecule has 0 unspecified atom stereocenters. The molecule has 0 aliphatic rings. The minimum absolute atomic E-state index is 0.0576. The number of carbonyl (C=O) groups excluding carboxylic acids is 1. The minimum Gasteiger partial charge on any atom is -0.497 e. The summed E-state index contributed by atoms with van der Waals surface area (Å²) in [7, 11) is 1.56. The summed E-state index contributed by atoms with van der Waals surface area (Å²) in [5, 5.41) is 11.1. The third-order valence-corrected chi connectivity index (χ3v) is 5.29. The molecule has 0 fully saturated rings. The van der Waals surface area contributed by atoms with Crippen molar-refractivity contribution in [3.8, 4) is 11.4 Å². The van der Waals surface area contributed by atoms with Crippen molar-refractivity contribution in [2.24, 2.45) is 0 Å². The van der Waals surface area contributed by atoms with E-state index in [2.05, 4.69) is 25.6 Å². The highest BCUT2D eigenvalue weighted by Gasteiger charge is 2.30. The van der Waals surface area contributed by atoms with Gasteiger partial charge in [-0.3, -0.25) is 4.79 Å². The summed E-state index contributed by atoms with van der Waals surface area (Å²) >= 11 is 1.08. The van der Waals surface area contributed by atoms with E-state index < -0.39 is 17.6 Å². The van der Waals surface area contributed by atoms with Crippen molar-refractivity contribution in [2.45, 2.75) is 11.2 Å². The lowest BCUT2D eigenvalue weighted by atomic mass is 10.2. The van der Waals surface area contributed by atoms with E-state index >= 15 is 0 Å². The number of anilines is 1. The average Bonchev–Trinajstić information content (AvgIpc) is 3.22. The number of amides is 1. The zero-order valence-electron chi connectivity index (χ0n) is 16.5. The lowest BCUT2D eigenvalue weighted by Gasteiger charge is -2.09.